The zero-order valence-electron chi connectivity index (χ0n) is 19.1. The number of nitrogens with one attached hydrogen (secondary N) is 3. The van der Waals surface area contributed by atoms with Gasteiger partial charge in [-0.3, -0.25) is 19.2 Å². The number of rotatable bonds is 9. The van der Waals surface area contributed by atoms with Gasteiger partial charge in [0.1, 0.15) is 17.8 Å². The molecule has 1 saturated carbocycles. The van der Waals surface area contributed by atoms with Gasteiger partial charge in [0.25, 0.3) is 5.91 Å². The maximum Gasteiger partial charge on any atom is 0.270 e. The molecule has 2 fully saturated rings. The van der Waals surface area contributed by atoms with E-state index in [1.165, 1.54) is 4.90 Å². The van der Waals surface area contributed by atoms with E-state index in [-0.39, 0.29) is 24.2 Å². The molecule has 4 amide bonds. The average molecular weight is 488 g/mol. The van der Waals surface area contributed by atoms with E-state index in [0.717, 1.165) is 24.6 Å². The molecule has 0 bridgehead atoms. The molecule has 5 N–H and O–H groups in total. The summed E-state index contributed by atoms with van der Waals surface area (Å²) in [7, 11) is 1.58. The van der Waals surface area contributed by atoms with Gasteiger partial charge < -0.3 is 26.3 Å². The Bertz CT molecular complexity index is 1110. The molecule has 0 radical (unpaired) electrons. The molecule has 1 aliphatic heterocycles. The minimum atomic E-state index is -0.988. The molecule has 9 nitrogen and oxygen atoms in total. The summed E-state index contributed by atoms with van der Waals surface area (Å²) >= 11 is 6.23. The summed E-state index contributed by atoms with van der Waals surface area (Å²) in [5.41, 5.74) is 6.54. The van der Waals surface area contributed by atoms with Crippen molar-refractivity contribution in [2.45, 2.75) is 50.6 Å². The van der Waals surface area contributed by atoms with Gasteiger partial charge in [-0.2, -0.15) is 0 Å². The first-order valence-electron chi connectivity index (χ1n) is 11.7. The van der Waals surface area contributed by atoms with Crippen LogP contribution in [0.1, 0.15) is 49.0 Å². The normalized spacial score (nSPS) is 19.8. The van der Waals surface area contributed by atoms with E-state index in [4.69, 9.17) is 17.3 Å². The lowest BCUT2D eigenvalue weighted by molar-refractivity contribution is -0.132. The van der Waals surface area contributed by atoms with Gasteiger partial charge in [0.15, 0.2) is 0 Å². The molecule has 34 heavy (non-hydrogen) atoms. The number of aromatic nitrogens is 1. The molecule has 1 aromatic heterocycles. The number of carbonyl (C=O) groups is 4. The molecule has 182 valence electrons. The minimum absolute atomic E-state index is 0.133. The quantitative estimate of drug-likeness (QED) is 0.429. The first-order chi connectivity index (χ1) is 16.2. The third kappa shape index (κ3) is 5.35. The standard InChI is InChI=1S/C24H30ClN5O4/c1-30(24(34)18-11-14-4-2-6-16(25)20(14)28-18)19(10-13-7-8-13)23(33)29-17(21(26)31)12-15-5-3-9-27-22(15)32/h2,4,6,11,13,15,17,19,28H,3,5,7-10,12H2,1H3,(H2,26,31)(H,27,32)(H,29,33). The Kier molecular flexibility index (Phi) is 7.11. The summed E-state index contributed by atoms with van der Waals surface area (Å²) in [4.78, 5) is 55.3. The van der Waals surface area contributed by atoms with Gasteiger partial charge in [-0.1, -0.05) is 36.6 Å². The van der Waals surface area contributed by atoms with Gasteiger partial charge in [-0.25, -0.2) is 0 Å². The largest absolute Gasteiger partial charge is 0.368 e. The van der Waals surface area contributed by atoms with Crippen molar-refractivity contribution in [2.24, 2.45) is 17.6 Å². The molecular formula is C24H30ClN5O4. The van der Waals surface area contributed by atoms with Crippen LogP contribution in [0.2, 0.25) is 5.02 Å². The topological polar surface area (TPSA) is 137 Å². The first-order valence-corrected chi connectivity index (χ1v) is 12.0. The Morgan fingerprint density at radius 1 is 1.24 bits per heavy atom. The van der Waals surface area contributed by atoms with Gasteiger partial charge in [-0.15, -0.1) is 0 Å². The van der Waals surface area contributed by atoms with Crippen LogP contribution >= 0.6 is 11.6 Å². The fourth-order valence-electron chi connectivity index (χ4n) is 4.54. The number of para-hydroxylation sites is 1. The smallest absolute Gasteiger partial charge is 0.270 e. The summed E-state index contributed by atoms with van der Waals surface area (Å²) in [6.45, 7) is 0.609. The number of likely N-dealkylation sites (N-methyl/N-ethyl adjacent to an activating group) is 1. The molecule has 0 spiro atoms. The number of carbonyl (C=O) groups excluding carboxylic acids is 4. The van der Waals surface area contributed by atoms with Crippen LogP contribution in [0.4, 0.5) is 0 Å². The summed E-state index contributed by atoms with van der Waals surface area (Å²) in [6.07, 6.45) is 4.07. The van der Waals surface area contributed by atoms with E-state index in [9.17, 15) is 19.2 Å². The van der Waals surface area contributed by atoms with Crippen LogP contribution in [-0.2, 0) is 14.4 Å². The fourth-order valence-corrected chi connectivity index (χ4v) is 4.76. The maximum absolute atomic E-state index is 13.3. The maximum atomic E-state index is 13.3. The molecule has 1 aromatic carbocycles. The van der Waals surface area contributed by atoms with Gasteiger partial charge in [0.05, 0.1) is 10.5 Å². The highest BCUT2D eigenvalue weighted by Gasteiger charge is 2.37. The summed E-state index contributed by atoms with van der Waals surface area (Å²) < 4.78 is 0. The van der Waals surface area contributed by atoms with Crippen LogP contribution in [0.5, 0.6) is 0 Å². The third-order valence-electron chi connectivity index (χ3n) is 6.76. The van der Waals surface area contributed by atoms with Crippen molar-refractivity contribution in [1.29, 1.82) is 0 Å². The SMILES string of the molecule is CN(C(=O)c1cc2cccc(Cl)c2[nH]1)C(CC1CC1)C(=O)NC(CC1CCCNC1=O)C(N)=O. The number of halogens is 1. The van der Waals surface area contributed by atoms with E-state index in [1.54, 1.807) is 25.2 Å². The average Bonchev–Trinajstić information content (AvgIpc) is 3.52. The molecule has 3 atom stereocenters. The van der Waals surface area contributed by atoms with Gasteiger partial charge in [-0.05, 0) is 43.7 Å². The van der Waals surface area contributed by atoms with Crippen LogP contribution in [0.25, 0.3) is 10.9 Å². The number of piperidine rings is 1. The van der Waals surface area contributed by atoms with Crippen molar-refractivity contribution in [3.63, 3.8) is 0 Å². The Balaban J connectivity index is 1.50. The van der Waals surface area contributed by atoms with Crippen molar-refractivity contribution < 1.29 is 19.2 Å². The first kappa shape index (κ1) is 24.1. The summed E-state index contributed by atoms with van der Waals surface area (Å²) in [6, 6.07) is 5.33. The predicted octanol–water partition coefficient (Wildman–Crippen LogP) is 1.95. The van der Waals surface area contributed by atoms with Crippen LogP contribution in [-0.4, -0.2) is 59.2 Å². The Morgan fingerprint density at radius 3 is 2.65 bits per heavy atom. The van der Waals surface area contributed by atoms with Gasteiger partial charge in [0.2, 0.25) is 17.7 Å². The summed E-state index contributed by atoms with van der Waals surface area (Å²) in [5, 5.41) is 6.81. The second kappa shape index (κ2) is 10.0. The zero-order chi connectivity index (χ0) is 24.4. The molecule has 1 saturated heterocycles. The van der Waals surface area contributed by atoms with Crippen LogP contribution in [0.3, 0.4) is 0 Å². The highest BCUT2D eigenvalue weighted by Crippen LogP contribution is 2.35. The van der Waals surface area contributed by atoms with Crippen molar-refractivity contribution in [3.8, 4) is 0 Å². The molecule has 3 unspecified atom stereocenters. The van der Waals surface area contributed by atoms with Crippen molar-refractivity contribution >= 4 is 46.1 Å². The van der Waals surface area contributed by atoms with E-state index in [1.807, 2.05) is 6.07 Å². The number of nitrogens with zero attached hydrogens (tertiary/aromatic N) is 1. The van der Waals surface area contributed by atoms with E-state index in [0.29, 0.717) is 41.5 Å². The van der Waals surface area contributed by atoms with Gasteiger partial charge >= 0.3 is 0 Å². The molecule has 4 rings (SSSR count). The van der Waals surface area contributed by atoms with Crippen molar-refractivity contribution in [1.82, 2.24) is 20.5 Å². The highest BCUT2D eigenvalue weighted by atomic mass is 35.5. The predicted molar refractivity (Wildman–Crippen MR) is 128 cm³/mol. The Morgan fingerprint density at radius 2 is 2.00 bits per heavy atom. The van der Waals surface area contributed by atoms with Crippen molar-refractivity contribution in [2.75, 3.05) is 13.6 Å². The number of hydrogen-bond donors (Lipinski definition) is 4. The lowest BCUT2D eigenvalue weighted by Gasteiger charge is -2.30. The second-order valence-electron chi connectivity index (χ2n) is 9.33. The number of benzene rings is 1. The Hall–Kier alpha value is -3.07. The minimum Gasteiger partial charge on any atom is -0.368 e. The van der Waals surface area contributed by atoms with Crippen molar-refractivity contribution in [3.05, 3.63) is 35.0 Å². The number of nitrogens with two attached hydrogens (primary N) is 1. The lowest BCUT2D eigenvalue weighted by Crippen LogP contribution is -2.54. The molecule has 1 aliphatic carbocycles. The number of fused-ring (bicyclic) bond motifs is 1. The summed E-state index contributed by atoms with van der Waals surface area (Å²) in [5.74, 6) is -1.67. The fraction of sp³-hybridized carbons (Fsp3) is 0.500. The van der Waals surface area contributed by atoms with Crippen LogP contribution in [0.15, 0.2) is 24.3 Å². The monoisotopic (exact) mass is 487 g/mol. The molecular weight excluding hydrogens is 458 g/mol. The van der Waals surface area contributed by atoms with E-state index < -0.39 is 23.9 Å². The van der Waals surface area contributed by atoms with Crippen LogP contribution < -0.4 is 16.4 Å². The number of amides is 4. The van der Waals surface area contributed by atoms with Crippen LogP contribution in [0, 0.1) is 11.8 Å². The number of hydrogen-bond acceptors (Lipinski definition) is 4. The lowest BCUT2D eigenvalue weighted by atomic mass is 9.91. The highest BCUT2D eigenvalue weighted by molar-refractivity contribution is 6.35. The number of aromatic amines is 1. The second-order valence-corrected chi connectivity index (χ2v) is 9.73. The Labute approximate surface area is 202 Å². The van der Waals surface area contributed by atoms with E-state index >= 15 is 0 Å². The molecule has 2 heterocycles. The molecule has 10 heteroatoms. The van der Waals surface area contributed by atoms with E-state index in [2.05, 4.69) is 15.6 Å². The zero-order valence-corrected chi connectivity index (χ0v) is 19.9. The third-order valence-corrected chi connectivity index (χ3v) is 7.07. The number of H-pyrrole nitrogens is 1. The number of primary amides is 1. The molecule has 2 aromatic rings. The molecule has 2 aliphatic rings. The van der Waals surface area contributed by atoms with Gasteiger partial charge in [0, 0.05) is 24.9 Å².